The van der Waals surface area contributed by atoms with Crippen LogP contribution in [0.1, 0.15) is 15.2 Å². The molecule has 0 saturated carbocycles. The monoisotopic (exact) mass is 444 g/mol. The number of Topliss-reactive ketones (excluding diaryl/α,β-unsaturated/α-hetero) is 1. The maximum absolute atomic E-state index is 13.6. The van der Waals surface area contributed by atoms with Crippen LogP contribution in [0.2, 0.25) is 0 Å². The van der Waals surface area contributed by atoms with Gasteiger partial charge in [-0.15, -0.1) is 11.3 Å². The van der Waals surface area contributed by atoms with Gasteiger partial charge in [-0.05, 0) is 53.4 Å². The Morgan fingerprint density at radius 2 is 1.93 bits per heavy atom. The van der Waals surface area contributed by atoms with Gasteiger partial charge in [0.1, 0.15) is 16.4 Å². The first-order chi connectivity index (χ1) is 14.4. The Morgan fingerprint density at radius 3 is 2.63 bits per heavy atom. The SMILES string of the molecule is COc1ccc(NC=C2C(=O)c3sccc3N(Cc3cccc(F)c3)S2(=O)=O)cc1. The van der Waals surface area contributed by atoms with Crippen LogP contribution in [0, 0.1) is 5.82 Å². The third-order valence-corrected chi connectivity index (χ3v) is 7.25. The smallest absolute Gasteiger partial charge is 0.270 e. The minimum atomic E-state index is -4.15. The zero-order chi connectivity index (χ0) is 21.3. The molecule has 0 radical (unpaired) electrons. The number of nitrogens with one attached hydrogen (secondary N) is 1. The molecule has 1 aliphatic heterocycles. The molecule has 0 aliphatic carbocycles. The number of methoxy groups -OCH3 is 1. The van der Waals surface area contributed by atoms with Crippen molar-refractivity contribution < 1.29 is 22.3 Å². The molecule has 1 N–H and O–H groups in total. The third-order valence-electron chi connectivity index (χ3n) is 4.59. The summed E-state index contributed by atoms with van der Waals surface area (Å²) in [5.74, 6) is -0.379. The second kappa shape index (κ2) is 7.92. The third kappa shape index (κ3) is 3.69. The molecule has 0 atom stereocenters. The zero-order valence-corrected chi connectivity index (χ0v) is 17.5. The first-order valence-corrected chi connectivity index (χ1v) is 11.2. The molecule has 0 bridgehead atoms. The second-order valence-corrected chi connectivity index (χ2v) is 9.23. The molecule has 1 aromatic heterocycles. The van der Waals surface area contributed by atoms with Crippen molar-refractivity contribution in [2.45, 2.75) is 6.54 Å². The van der Waals surface area contributed by atoms with Gasteiger partial charge in [-0.25, -0.2) is 12.8 Å². The molecule has 0 fully saturated rings. The summed E-state index contributed by atoms with van der Waals surface area (Å²) >= 11 is 1.17. The van der Waals surface area contributed by atoms with Gasteiger partial charge in [0.25, 0.3) is 10.0 Å². The molecule has 154 valence electrons. The summed E-state index contributed by atoms with van der Waals surface area (Å²) in [7, 11) is -2.60. The van der Waals surface area contributed by atoms with E-state index in [4.69, 9.17) is 4.74 Å². The maximum Gasteiger partial charge on any atom is 0.270 e. The molecule has 2 aromatic carbocycles. The van der Waals surface area contributed by atoms with E-state index in [1.165, 1.54) is 35.7 Å². The van der Waals surface area contributed by atoms with Crippen LogP contribution >= 0.6 is 11.3 Å². The van der Waals surface area contributed by atoms with E-state index in [-0.39, 0.29) is 11.4 Å². The Bertz CT molecular complexity index is 1230. The van der Waals surface area contributed by atoms with Gasteiger partial charge in [0.15, 0.2) is 4.91 Å². The number of allylic oxidation sites excluding steroid dienone is 1. The molecular formula is C21H17FN2O4S2. The number of ether oxygens (including phenoxy) is 1. The highest BCUT2D eigenvalue weighted by molar-refractivity contribution is 7.97. The van der Waals surface area contributed by atoms with Crippen LogP contribution in [0.15, 0.2) is 71.1 Å². The highest BCUT2D eigenvalue weighted by Gasteiger charge is 2.41. The Balaban J connectivity index is 1.71. The van der Waals surface area contributed by atoms with E-state index in [9.17, 15) is 17.6 Å². The average Bonchev–Trinajstić information content (AvgIpc) is 3.21. The molecular weight excluding hydrogens is 427 g/mol. The fraction of sp³-hybridized carbons (Fsp3) is 0.0952. The minimum absolute atomic E-state index is 0.0863. The first kappa shape index (κ1) is 20.1. The van der Waals surface area contributed by atoms with Crippen molar-refractivity contribution in [2.24, 2.45) is 0 Å². The molecule has 3 aromatic rings. The second-order valence-electron chi connectivity index (χ2n) is 6.49. The molecule has 0 unspecified atom stereocenters. The Labute approximate surface area is 177 Å². The van der Waals surface area contributed by atoms with Crippen molar-refractivity contribution in [1.82, 2.24) is 0 Å². The summed E-state index contributed by atoms with van der Waals surface area (Å²) in [5.41, 5.74) is 1.38. The fourth-order valence-electron chi connectivity index (χ4n) is 3.09. The van der Waals surface area contributed by atoms with Gasteiger partial charge in [0.05, 0.1) is 19.3 Å². The quantitative estimate of drug-likeness (QED) is 0.591. The summed E-state index contributed by atoms with van der Waals surface area (Å²) < 4.78 is 46.4. The molecule has 6 nitrogen and oxygen atoms in total. The fourth-order valence-corrected chi connectivity index (χ4v) is 5.58. The molecule has 0 spiro atoms. The van der Waals surface area contributed by atoms with E-state index in [1.807, 2.05) is 0 Å². The number of fused-ring (bicyclic) bond motifs is 1. The number of halogens is 1. The molecule has 30 heavy (non-hydrogen) atoms. The number of hydrogen-bond acceptors (Lipinski definition) is 6. The topological polar surface area (TPSA) is 75.7 Å². The van der Waals surface area contributed by atoms with Crippen molar-refractivity contribution in [2.75, 3.05) is 16.7 Å². The van der Waals surface area contributed by atoms with E-state index >= 15 is 0 Å². The van der Waals surface area contributed by atoms with Gasteiger partial charge in [0, 0.05) is 11.9 Å². The van der Waals surface area contributed by atoms with Crippen molar-refractivity contribution >= 4 is 38.5 Å². The van der Waals surface area contributed by atoms with Gasteiger partial charge in [-0.1, -0.05) is 12.1 Å². The van der Waals surface area contributed by atoms with Gasteiger partial charge in [-0.3, -0.25) is 9.10 Å². The van der Waals surface area contributed by atoms with Crippen LogP contribution in [0.4, 0.5) is 15.8 Å². The number of benzene rings is 2. The number of thiophene rings is 1. The summed E-state index contributed by atoms with van der Waals surface area (Å²) in [6.45, 7) is -0.0863. The number of carbonyl (C=O) groups excluding carboxylic acids is 1. The predicted octanol–water partition coefficient (Wildman–Crippen LogP) is 4.38. The van der Waals surface area contributed by atoms with Crippen molar-refractivity contribution in [1.29, 1.82) is 0 Å². The van der Waals surface area contributed by atoms with E-state index in [0.29, 0.717) is 27.6 Å². The lowest BCUT2D eigenvalue weighted by Crippen LogP contribution is -2.38. The van der Waals surface area contributed by atoms with Crippen LogP contribution in [0.5, 0.6) is 5.75 Å². The van der Waals surface area contributed by atoms with E-state index < -0.39 is 21.6 Å². The largest absolute Gasteiger partial charge is 0.497 e. The zero-order valence-electron chi connectivity index (χ0n) is 15.8. The van der Waals surface area contributed by atoms with Crippen LogP contribution in [-0.4, -0.2) is 21.3 Å². The number of sulfonamides is 1. The van der Waals surface area contributed by atoms with Crippen molar-refractivity contribution in [3.05, 3.63) is 87.3 Å². The summed E-state index contributed by atoms with van der Waals surface area (Å²) in [4.78, 5) is 12.8. The lowest BCUT2D eigenvalue weighted by atomic mass is 10.2. The maximum atomic E-state index is 13.6. The van der Waals surface area contributed by atoms with E-state index in [0.717, 1.165) is 4.31 Å². The number of hydrogen-bond donors (Lipinski definition) is 1. The highest BCUT2D eigenvalue weighted by atomic mass is 32.2. The Hall–Kier alpha value is -3.17. The molecule has 9 heteroatoms. The molecule has 2 heterocycles. The Kier molecular flexibility index (Phi) is 5.31. The Morgan fingerprint density at radius 1 is 1.17 bits per heavy atom. The average molecular weight is 445 g/mol. The lowest BCUT2D eigenvalue weighted by Gasteiger charge is -2.29. The standard InChI is InChI=1S/C21H17FN2O4S2/c1-28-17-7-5-16(6-8-17)23-12-19-20(25)21-18(9-10-29-21)24(30(19,26)27)13-14-3-2-4-15(22)11-14/h2-12,23H,13H2,1H3. The lowest BCUT2D eigenvalue weighted by molar-refractivity contribution is 0.104. The minimum Gasteiger partial charge on any atom is -0.497 e. The van der Waals surface area contributed by atoms with Gasteiger partial charge in [-0.2, -0.15) is 0 Å². The number of anilines is 2. The van der Waals surface area contributed by atoms with Crippen LogP contribution in [0.3, 0.4) is 0 Å². The number of ketones is 1. The van der Waals surface area contributed by atoms with Crippen LogP contribution < -0.4 is 14.4 Å². The highest BCUT2D eigenvalue weighted by Crippen LogP contribution is 2.39. The number of carbonyl (C=O) groups is 1. The summed E-state index contributed by atoms with van der Waals surface area (Å²) in [6, 6.07) is 14.1. The van der Waals surface area contributed by atoms with Gasteiger partial charge >= 0.3 is 0 Å². The molecule has 1 aliphatic rings. The van der Waals surface area contributed by atoms with Gasteiger partial charge in [0.2, 0.25) is 5.78 Å². The van der Waals surface area contributed by atoms with E-state index in [2.05, 4.69) is 5.32 Å². The molecule has 0 amide bonds. The predicted molar refractivity (Wildman–Crippen MR) is 115 cm³/mol. The summed E-state index contributed by atoms with van der Waals surface area (Å²) in [6.07, 6.45) is 1.20. The van der Waals surface area contributed by atoms with Gasteiger partial charge < -0.3 is 10.1 Å². The number of nitrogens with zero attached hydrogens (tertiary/aromatic N) is 1. The summed E-state index contributed by atoms with van der Waals surface area (Å²) in [5, 5.41) is 4.53. The first-order valence-electron chi connectivity index (χ1n) is 8.90. The normalized spacial score (nSPS) is 16.4. The molecule has 4 rings (SSSR count). The van der Waals surface area contributed by atoms with Crippen molar-refractivity contribution in [3.8, 4) is 5.75 Å². The van der Waals surface area contributed by atoms with Crippen LogP contribution in [0.25, 0.3) is 0 Å². The van der Waals surface area contributed by atoms with E-state index in [1.54, 1.807) is 48.9 Å². The van der Waals surface area contributed by atoms with Crippen molar-refractivity contribution in [3.63, 3.8) is 0 Å². The van der Waals surface area contributed by atoms with Crippen LogP contribution in [-0.2, 0) is 16.6 Å². The number of rotatable bonds is 5. The molecule has 0 saturated heterocycles.